The Balaban J connectivity index is 1.26. The average molecular weight is 506 g/mol. The number of ether oxygens (including phenoxy) is 1. The second-order valence-electron chi connectivity index (χ2n) is 11.2. The number of hydrogen-bond donors (Lipinski definition) is 0. The minimum Gasteiger partial charge on any atom is -0.465 e. The van der Waals surface area contributed by atoms with Gasteiger partial charge in [-0.05, 0) is 94.4 Å². The predicted molar refractivity (Wildman–Crippen MR) is 147 cm³/mol. The van der Waals surface area contributed by atoms with E-state index in [2.05, 4.69) is 52.6 Å². The van der Waals surface area contributed by atoms with E-state index < -0.39 is 5.67 Å². The third-order valence-corrected chi connectivity index (χ3v) is 8.66. The minimum absolute atomic E-state index is 0.307. The molecule has 0 saturated carbocycles. The summed E-state index contributed by atoms with van der Waals surface area (Å²) in [6.07, 6.45) is 4.38. The molecule has 3 heterocycles. The van der Waals surface area contributed by atoms with Crippen molar-refractivity contribution < 1.29 is 13.9 Å². The molecular formula is C31H40FN3O2. The van der Waals surface area contributed by atoms with E-state index in [1.54, 1.807) is 0 Å². The summed E-state index contributed by atoms with van der Waals surface area (Å²) in [5.41, 5.74) is 4.69. The number of likely N-dealkylation sites (tertiary alicyclic amines) is 2. The van der Waals surface area contributed by atoms with Crippen molar-refractivity contribution in [3.8, 4) is 0 Å². The first-order valence-electron chi connectivity index (χ1n) is 13.7. The van der Waals surface area contributed by atoms with Crippen LogP contribution in [0, 0.1) is 12.8 Å². The predicted octanol–water partition coefficient (Wildman–Crippen LogP) is 5.47. The van der Waals surface area contributed by atoms with Crippen LogP contribution in [-0.2, 0) is 17.7 Å². The van der Waals surface area contributed by atoms with E-state index in [0.29, 0.717) is 30.9 Å². The van der Waals surface area contributed by atoms with Gasteiger partial charge in [-0.25, -0.2) is 9.18 Å². The fourth-order valence-corrected chi connectivity index (χ4v) is 6.21. The third-order valence-electron chi connectivity index (χ3n) is 8.66. The third kappa shape index (κ3) is 5.75. The molecule has 0 atom stereocenters. The summed E-state index contributed by atoms with van der Waals surface area (Å²) in [4.78, 5) is 16.4. The smallest absolute Gasteiger partial charge is 0.337 e. The van der Waals surface area contributed by atoms with Crippen molar-refractivity contribution in [3.05, 3.63) is 70.9 Å². The van der Waals surface area contributed by atoms with E-state index >= 15 is 4.39 Å². The van der Waals surface area contributed by atoms with Crippen molar-refractivity contribution in [3.63, 3.8) is 0 Å². The van der Waals surface area contributed by atoms with Gasteiger partial charge in [-0.2, -0.15) is 0 Å². The van der Waals surface area contributed by atoms with Crippen LogP contribution in [0.5, 0.6) is 0 Å². The van der Waals surface area contributed by atoms with Gasteiger partial charge in [0.15, 0.2) is 0 Å². The Morgan fingerprint density at radius 1 is 1.03 bits per heavy atom. The lowest BCUT2D eigenvalue weighted by molar-refractivity contribution is 0.0202. The monoisotopic (exact) mass is 505 g/mol. The number of hydrogen-bond acceptors (Lipinski definition) is 4. The van der Waals surface area contributed by atoms with Gasteiger partial charge in [0.25, 0.3) is 0 Å². The maximum Gasteiger partial charge on any atom is 0.337 e. The van der Waals surface area contributed by atoms with Crippen LogP contribution in [0.2, 0.25) is 0 Å². The summed E-state index contributed by atoms with van der Waals surface area (Å²) in [7, 11) is 3.50. The number of para-hydroxylation sites is 1. The molecule has 1 aromatic heterocycles. The van der Waals surface area contributed by atoms with Gasteiger partial charge in [0.05, 0.1) is 12.7 Å². The van der Waals surface area contributed by atoms with E-state index in [0.717, 1.165) is 52.0 Å². The van der Waals surface area contributed by atoms with Gasteiger partial charge in [-0.3, -0.25) is 0 Å². The number of rotatable bonds is 7. The lowest BCUT2D eigenvalue weighted by Gasteiger charge is -2.40. The molecule has 0 unspecified atom stereocenters. The molecule has 0 radical (unpaired) electrons. The fraction of sp³-hybridized carbons (Fsp3) is 0.516. The van der Waals surface area contributed by atoms with Crippen LogP contribution < -0.4 is 0 Å². The summed E-state index contributed by atoms with van der Waals surface area (Å²) in [5.74, 6) is 0.296. The number of fused-ring (bicyclic) bond motifs is 1. The Morgan fingerprint density at radius 3 is 2.38 bits per heavy atom. The normalized spacial score (nSPS) is 19.4. The molecule has 2 aromatic carbocycles. The number of piperidine rings is 2. The van der Waals surface area contributed by atoms with E-state index in [4.69, 9.17) is 4.74 Å². The molecule has 2 saturated heterocycles. The van der Waals surface area contributed by atoms with Crippen molar-refractivity contribution in [1.29, 1.82) is 0 Å². The highest BCUT2D eigenvalue weighted by molar-refractivity contribution is 5.89. The highest BCUT2D eigenvalue weighted by Gasteiger charge is 2.36. The second kappa shape index (κ2) is 11.0. The number of carbonyl (C=O) groups is 1. The molecule has 2 aliphatic heterocycles. The van der Waals surface area contributed by atoms with Crippen molar-refractivity contribution in [2.75, 3.05) is 46.9 Å². The first-order chi connectivity index (χ1) is 17.8. The van der Waals surface area contributed by atoms with Crippen LogP contribution in [0.15, 0.2) is 48.5 Å². The number of nitrogens with zero attached hydrogens (tertiary/aromatic N) is 3. The van der Waals surface area contributed by atoms with Gasteiger partial charge in [0.2, 0.25) is 0 Å². The van der Waals surface area contributed by atoms with Crippen LogP contribution in [-0.4, -0.2) is 72.9 Å². The Bertz CT molecular complexity index is 1220. The zero-order valence-electron chi connectivity index (χ0n) is 22.5. The Hall–Kier alpha value is -2.70. The topological polar surface area (TPSA) is 37.7 Å². The van der Waals surface area contributed by atoms with E-state index in [-0.39, 0.29) is 5.97 Å². The molecule has 5 rings (SSSR count). The molecule has 0 bridgehead atoms. The number of aromatic nitrogens is 1. The second-order valence-corrected chi connectivity index (χ2v) is 11.2. The number of halogens is 1. The van der Waals surface area contributed by atoms with Crippen LogP contribution >= 0.6 is 0 Å². The quantitative estimate of drug-likeness (QED) is 0.399. The van der Waals surface area contributed by atoms with Crippen LogP contribution in [0.25, 0.3) is 10.9 Å². The summed E-state index contributed by atoms with van der Waals surface area (Å²) in [5, 5.41) is 1.30. The summed E-state index contributed by atoms with van der Waals surface area (Å²) < 4.78 is 22.7. The van der Waals surface area contributed by atoms with Gasteiger partial charge >= 0.3 is 5.97 Å². The molecule has 2 fully saturated rings. The number of alkyl halides is 1. The Morgan fingerprint density at radius 2 is 1.70 bits per heavy atom. The molecule has 0 spiro atoms. The lowest BCUT2D eigenvalue weighted by Crippen LogP contribution is -2.49. The molecule has 2 aliphatic rings. The van der Waals surface area contributed by atoms with Crippen LogP contribution in [0.1, 0.15) is 52.9 Å². The number of benzene rings is 2. The fourth-order valence-electron chi connectivity index (χ4n) is 6.21. The van der Waals surface area contributed by atoms with Gasteiger partial charge < -0.3 is 19.1 Å². The highest BCUT2D eigenvalue weighted by atomic mass is 19.1. The molecule has 3 aromatic rings. The lowest BCUT2D eigenvalue weighted by atomic mass is 9.90. The maximum atomic E-state index is 15.4. The van der Waals surface area contributed by atoms with E-state index in [9.17, 15) is 4.79 Å². The van der Waals surface area contributed by atoms with Gasteiger partial charge in [-0.15, -0.1) is 0 Å². The van der Waals surface area contributed by atoms with Crippen LogP contribution in [0.3, 0.4) is 0 Å². The molecule has 5 nitrogen and oxygen atoms in total. The number of methoxy groups -OCH3 is 1. The van der Waals surface area contributed by atoms with E-state index in [1.165, 1.54) is 34.8 Å². The molecule has 6 heteroatoms. The molecule has 37 heavy (non-hydrogen) atoms. The summed E-state index contributed by atoms with van der Waals surface area (Å²) in [6.45, 7) is 7.55. The number of esters is 1. The molecule has 0 amide bonds. The van der Waals surface area contributed by atoms with Crippen molar-refractivity contribution in [1.82, 2.24) is 14.4 Å². The maximum absolute atomic E-state index is 15.4. The van der Waals surface area contributed by atoms with Crippen LogP contribution in [0.4, 0.5) is 4.39 Å². The van der Waals surface area contributed by atoms with Gasteiger partial charge in [-0.1, -0.05) is 30.3 Å². The first kappa shape index (κ1) is 25.9. The minimum atomic E-state index is -1.02. The Labute approximate surface area is 220 Å². The van der Waals surface area contributed by atoms with E-state index in [1.807, 2.05) is 24.3 Å². The average Bonchev–Trinajstić information content (AvgIpc) is 3.17. The highest BCUT2D eigenvalue weighted by Crippen LogP contribution is 2.32. The van der Waals surface area contributed by atoms with Gasteiger partial charge in [0.1, 0.15) is 5.67 Å². The van der Waals surface area contributed by atoms with Crippen molar-refractivity contribution >= 4 is 16.9 Å². The molecular weight excluding hydrogens is 465 g/mol. The Kier molecular flexibility index (Phi) is 7.68. The molecule has 0 N–H and O–H groups in total. The van der Waals surface area contributed by atoms with Gasteiger partial charge in [0, 0.05) is 42.8 Å². The largest absolute Gasteiger partial charge is 0.465 e. The SMILES string of the molecule is COC(=O)c1ccc(Cc2c(C)n(CC3CCN(CC4(F)CCN(C)CC4)CC3)c3ccccc23)cc1. The number of carbonyl (C=O) groups excluding carboxylic acids is 1. The van der Waals surface area contributed by atoms with Crippen molar-refractivity contribution in [2.24, 2.45) is 5.92 Å². The first-order valence-corrected chi connectivity index (χ1v) is 13.7. The zero-order chi connectivity index (χ0) is 26.0. The summed E-state index contributed by atoms with van der Waals surface area (Å²) in [6, 6.07) is 16.4. The zero-order valence-corrected chi connectivity index (χ0v) is 22.5. The molecule has 198 valence electrons. The molecule has 0 aliphatic carbocycles. The summed E-state index contributed by atoms with van der Waals surface area (Å²) >= 11 is 0. The van der Waals surface area contributed by atoms with Crippen molar-refractivity contribution in [2.45, 2.75) is 51.2 Å². The standard InChI is InChI=1S/C31H40FN3O2/c1-23-28(20-24-8-10-26(11-9-24)30(36)37-3)27-6-4-5-7-29(27)35(23)21-25-12-16-34(17-13-25)22-31(32)14-18-33(2)19-15-31/h4-11,25H,12-22H2,1-3H3.